The summed E-state index contributed by atoms with van der Waals surface area (Å²) in [5.41, 5.74) is 1.78. The number of ether oxygens (including phenoxy) is 1. The molecule has 0 unspecified atom stereocenters. The molecule has 0 saturated carbocycles. The van der Waals surface area contributed by atoms with Crippen molar-refractivity contribution in [3.63, 3.8) is 0 Å². The Bertz CT molecular complexity index is 525. The number of nitrogens with zero attached hydrogens (tertiary/aromatic N) is 1. The van der Waals surface area contributed by atoms with Crippen LogP contribution < -0.4 is 10.1 Å². The molecule has 0 fully saturated rings. The second-order valence-corrected chi connectivity index (χ2v) is 4.62. The number of oxazole rings is 1. The smallest absolute Gasteiger partial charge is 0.227 e. The second kappa shape index (κ2) is 6.02. The van der Waals surface area contributed by atoms with Crippen molar-refractivity contribution in [1.29, 1.82) is 0 Å². The van der Waals surface area contributed by atoms with Crippen molar-refractivity contribution >= 4 is 15.9 Å². The highest BCUT2D eigenvalue weighted by Crippen LogP contribution is 2.31. The van der Waals surface area contributed by atoms with E-state index in [0.717, 1.165) is 28.0 Å². The van der Waals surface area contributed by atoms with Gasteiger partial charge in [0.2, 0.25) is 5.89 Å². The zero-order valence-electron chi connectivity index (χ0n) is 10.4. The highest BCUT2D eigenvalue weighted by Gasteiger charge is 2.11. The lowest BCUT2D eigenvalue weighted by molar-refractivity contribution is 0.414. The molecule has 5 heteroatoms. The standard InChI is InChI=1S/C13H15BrN2O2/c1-3-15-7-9-8-18-13(16-9)11-6-10(17-2)4-5-12(11)14/h4-6,8,15H,3,7H2,1-2H3. The summed E-state index contributed by atoms with van der Waals surface area (Å²) in [5, 5.41) is 3.21. The van der Waals surface area contributed by atoms with E-state index in [1.165, 1.54) is 0 Å². The molecule has 0 aliphatic rings. The fraction of sp³-hybridized carbons (Fsp3) is 0.308. The Hall–Kier alpha value is -1.33. The van der Waals surface area contributed by atoms with Crippen molar-refractivity contribution < 1.29 is 9.15 Å². The Morgan fingerprint density at radius 1 is 1.44 bits per heavy atom. The van der Waals surface area contributed by atoms with Gasteiger partial charge in [-0.05, 0) is 40.7 Å². The summed E-state index contributed by atoms with van der Waals surface area (Å²) in [6, 6.07) is 5.70. The highest BCUT2D eigenvalue weighted by molar-refractivity contribution is 9.10. The third-order valence-corrected chi connectivity index (χ3v) is 3.20. The van der Waals surface area contributed by atoms with Crippen LogP contribution in [-0.4, -0.2) is 18.6 Å². The van der Waals surface area contributed by atoms with E-state index in [2.05, 4.69) is 33.2 Å². The third kappa shape index (κ3) is 2.91. The number of rotatable bonds is 5. The molecule has 0 atom stereocenters. The van der Waals surface area contributed by atoms with Crippen LogP contribution in [0.3, 0.4) is 0 Å². The maximum Gasteiger partial charge on any atom is 0.227 e. The zero-order valence-corrected chi connectivity index (χ0v) is 12.0. The summed E-state index contributed by atoms with van der Waals surface area (Å²) < 4.78 is 11.6. The van der Waals surface area contributed by atoms with Crippen LogP contribution in [0.5, 0.6) is 5.75 Å². The molecule has 0 aliphatic carbocycles. The highest BCUT2D eigenvalue weighted by atomic mass is 79.9. The Morgan fingerprint density at radius 3 is 3.00 bits per heavy atom. The zero-order chi connectivity index (χ0) is 13.0. The summed E-state index contributed by atoms with van der Waals surface area (Å²) >= 11 is 3.49. The van der Waals surface area contributed by atoms with Crippen molar-refractivity contribution in [2.75, 3.05) is 13.7 Å². The van der Waals surface area contributed by atoms with E-state index in [4.69, 9.17) is 9.15 Å². The normalized spacial score (nSPS) is 10.6. The topological polar surface area (TPSA) is 47.3 Å². The van der Waals surface area contributed by atoms with Gasteiger partial charge in [-0.2, -0.15) is 0 Å². The molecule has 4 nitrogen and oxygen atoms in total. The van der Waals surface area contributed by atoms with Gasteiger partial charge in [-0.3, -0.25) is 0 Å². The predicted molar refractivity (Wildman–Crippen MR) is 73.6 cm³/mol. The van der Waals surface area contributed by atoms with Crippen LogP contribution in [0, 0.1) is 0 Å². The van der Waals surface area contributed by atoms with Crippen molar-refractivity contribution in [1.82, 2.24) is 10.3 Å². The molecule has 2 aromatic rings. The molecule has 0 radical (unpaired) electrons. The van der Waals surface area contributed by atoms with Gasteiger partial charge in [0.15, 0.2) is 0 Å². The molecule has 0 bridgehead atoms. The predicted octanol–water partition coefficient (Wildman–Crippen LogP) is 3.22. The summed E-state index contributed by atoms with van der Waals surface area (Å²) in [4.78, 5) is 4.44. The van der Waals surface area contributed by atoms with Gasteiger partial charge < -0.3 is 14.5 Å². The Morgan fingerprint density at radius 2 is 2.28 bits per heavy atom. The first kappa shape index (κ1) is 13.1. The van der Waals surface area contributed by atoms with Gasteiger partial charge >= 0.3 is 0 Å². The van der Waals surface area contributed by atoms with Crippen molar-refractivity contribution in [3.05, 3.63) is 34.6 Å². The van der Waals surface area contributed by atoms with Crippen LogP contribution in [0.15, 0.2) is 33.4 Å². The number of hydrogen-bond acceptors (Lipinski definition) is 4. The van der Waals surface area contributed by atoms with E-state index in [1.807, 2.05) is 18.2 Å². The number of methoxy groups -OCH3 is 1. The van der Waals surface area contributed by atoms with Crippen LogP contribution in [0.25, 0.3) is 11.5 Å². The third-order valence-electron chi connectivity index (χ3n) is 2.51. The van der Waals surface area contributed by atoms with E-state index in [9.17, 15) is 0 Å². The minimum Gasteiger partial charge on any atom is -0.497 e. The molecule has 1 heterocycles. The monoisotopic (exact) mass is 310 g/mol. The molecule has 0 spiro atoms. The molecule has 0 aliphatic heterocycles. The molecule has 96 valence electrons. The molecule has 18 heavy (non-hydrogen) atoms. The van der Waals surface area contributed by atoms with Crippen LogP contribution in [-0.2, 0) is 6.54 Å². The first-order valence-electron chi connectivity index (χ1n) is 5.73. The number of halogens is 1. The molecular weight excluding hydrogens is 296 g/mol. The number of aromatic nitrogens is 1. The van der Waals surface area contributed by atoms with Crippen LogP contribution in [0.4, 0.5) is 0 Å². The molecule has 0 amide bonds. The average molecular weight is 311 g/mol. The second-order valence-electron chi connectivity index (χ2n) is 3.77. The lowest BCUT2D eigenvalue weighted by Crippen LogP contribution is -2.11. The van der Waals surface area contributed by atoms with Crippen LogP contribution in [0.2, 0.25) is 0 Å². The minimum absolute atomic E-state index is 0.591. The number of hydrogen-bond donors (Lipinski definition) is 1. The fourth-order valence-electron chi connectivity index (χ4n) is 1.56. The van der Waals surface area contributed by atoms with E-state index < -0.39 is 0 Å². The molecular formula is C13H15BrN2O2. The Kier molecular flexibility index (Phi) is 4.38. The first-order chi connectivity index (χ1) is 8.74. The molecule has 1 aromatic heterocycles. The summed E-state index contributed by atoms with van der Waals surface area (Å²) in [5.74, 6) is 1.37. The van der Waals surface area contributed by atoms with Gasteiger partial charge in [0.05, 0.1) is 18.4 Å². The largest absolute Gasteiger partial charge is 0.497 e. The van der Waals surface area contributed by atoms with E-state index >= 15 is 0 Å². The van der Waals surface area contributed by atoms with Gasteiger partial charge in [-0.25, -0.2) is 4.98 Å². The molecule has 1 aromatic carbocycles. The Labute approximate surface area is 114 Å². The molecule has 0 saturated heterocycles. The van der Waals surface area contributed by atoms with Crippen LogP contribution in [0.1, 0.15) is 12.6 Å². The lowest BCUT2D eigenvalue weighted by Gasteiger charge is -2.03. The molecule has 2 rings (SSSR count). The quantitative estimate of drug-likeness (QED) is 0.921. The van der Waals surface area contributed by atoms with Gasteiger partial charge in [0.1, 0.15) is 12.0 Å². The van der Waals surface area contributed by atoms with Gasteiger partial charge in [0.25, 0.3) is 0 Å². The van der Waals surface area contributed by atoms with E-state index in [1.54, 1.807) is 13.4 Å². The van der Waals surface area contributed by atoms with E-state index in [0.29, 0.717) is 12.4 Å². The summed E-state index contributed by atoms with van der Waals surface area (Å²) in [6.07, 6.45) is 1.67. The van der Waals surface area contributed by atoms with Crippen molar-refractivity contribution in [2.24, 2.45) is 0 Å². The summed E-state index contributed by atoms with van der Waals surface area (Å²) in [7, 11) is 1.64. The van der Waals surface area contributed by atoms with E-state index in [-0.39, 0.29) is 0 Å². The van der Waals surface area contributed by atoms with Crippen molar-refractivity contribution in [2.45, 2.75) is 13.5 Å². The SMILES string of the molecule is CCNCc1coc(-c2cc(OC)ccc2Br)n1. The van der Waals surface area contributed by atoms with Gasteiger partial charge in [-0.15, -0.1) is 0 Å². The average Bonchev–Trinajstić information content (AvgIpc) is 2.85. The first-order valence-corrected chi connectivity index (χ1v) is 6.53. The fourth-order valence-corrected chi connectivity index (χ4v) is 1.98. The van der Waals surface area contributed by atoms with Crippen LogP contribution >= 0.6 is 15.9 Å². The van der Waals surface area contributed by atoms with Gasteiger partial charge in [-0.1, -0.05) is 6.92 Å². The number of nitrogens with one attached hydrogen (secondary N) is 1. The Balaban J connectivity index is 2.27. The van der Waals surface area contributed by atoms with Gasteiger partial charge in [0, 0.05) is 11.0 Å². The minimum atomic E-state index is 0.591. The summed E-state index contributed by atoms with van der Waals surface area (Å²) in [6.45, 7) is 3.67. The molecule has 1 N–H and O–H groups in total. The van der Waals surface area contributed by atoms with Crippen molar-refractivity contribution in [3.8, 4) is 17.2 Å². The lowest BCUT2D eigenvalue weighted by atomic mass is 10.2. The maximum atomic E-state index is 5.49. The number of benzene rings is 1. The maximum absolute atomic E-state index is 5.49.